The third-order valence-corrected chi connectivity index (χ3v) is 4.82. The fourth-order valence-electron chi connectivity index (χ4n) is 2.72. The van der Waals surface area contributed by atoms with Crippen molar-refractivity contribution in [3.8, 4) is 0 Å². The van der Waals surface area contributed by atoms with Gasteiger partial charge in [0, 0.05) is 13.1 Å². The molecule has 0 aliphatic carbocycles. The van der Waals surface area contributed by atoms with Crippen molar-refractivity contribution in [2.45, 2.75) is 81.1 Å². The van der Waals surface area contributed by atoms with E-state index in [0.717, 1.165) is 23.7 Å². The van der Waals surface area contributed by atoms with Gasteiger partial charge in [0.2, 0.25) is 0 Å². The molecule has 0 aromatic carbocycles. The molecule has 0 amide bonds. The minimum absolute atomic E-state index is 0.810. The Morgan fingerprint density at radius 3 is 0.750 bits per heavy atom. The predicted molar refractivity (Wildman–Crippen MR) is 111 cm³/mol. The molecule has 0 aliphatic heterocycles. The minimum Gasteiger partial charge on any atom is -0.302 e. The maximum atomic E-state index is 2.72. The first-order valence-electron chi connectivity index (χ1n) is 10.6. The van der Waals surface area contributed by atoms with Gasteiger partial charge in [-0.3, -0.25) is 0 Å². The molecule has 0 bridgehead atoms. The van der Waals surface area contributed by atoms with Crippen molar-refractivity contribution in [3.63, 3.8) is 0 Å². The van der Waals surface area contributed by atoms with Crippen molar-refractivity contribution in [1.29, 1.82) is 0 Å². The Labute approximate surface area is 154 Å². The molecule has 0 atom stereocenters. The normalized spacial score (nSPS) is 12.8. The van der Waals surface area contributed by atoms with E-state index in [0.29, 0.717) is 0 Å². The van der Waals surface area contributed by atoms with Crippen molar-refractivity contribution >= 4 is 0 Å². The summed E-state index contributed by atoms with van der Waals surface area (Å²) in [5.74, 6) is 3.24. The standard InChI is InChI=1S/C22H48N2/c1-19(2)9-13-23(14-10-20(3)4)17-18-24(15-11-21(5)6)16-12-22(7)8/h19-22H,9-18H2,1-8H3. The molecule has 0 aromatic heterocycles. The zero-order valence-corrected chi connectivity index (χ0v) is 18.3. The molecule has 0 radical (unpaired) electrons. The molecular formula is C22H48N2. The summed E-state index contributed by atoms with van der Waals surface area (Å²) in [4.78, 5) is 5.44. The van der Waals surface area contributed by atoms with E-state index in [2.05, 4.69) is 65.2 Å². The summed E-state index contributed by atoms with van der Waals surface area (Å²) in [6, 6.07) is 0. The highest BCUT2D eigenvalue weighted by Gasteiger charge is 2.12. The molecule has 0 saturated heterocycles. The monoisotopic (exact) mass is 340 g/mol. The maximum absolute atomic E-state index is 2.72. The smallest absolute Gasteiger partial charge is 0.0109 e. The Morgan fingerprint density at radius 2 is 0.583 bits per heavy atom. The van der Waals surface area contributed by atoms with E-state index in [9.17, 15) is 0 Å². The van der Waals surface area contributed by atoms with Crippen molar-refractivity contribution in [1.82, 2.24) is 9.80 Å². The van der Waals surface area contributed by atoms with Crippen LogP contribution in [-0.4, -0.2) is 49.1 Å². The van der Waals surface area contributed by atoms with E-state index in [-0.39, 0.29) is 0 Å². The largest absolute Gasteiger partial charge is 0.302 e. The van der Waals surface area contributed by atoms with Crippen LogP contribution in [0.5, 0.6) is 0 Å². The van der Waals surface area contributed by atoms with Gasteiger partial charge in [-0.25, -0.2) is 0 Å². The Kier molecular flexibility index (Phi) is 14.1. The number of nitrogens with zero attached hydrogens (tertiary/aromatic N) is 2. The molecular weight excluding hydrogens is 292 g/mol. The van der Waals surface area contributed by atoms with Crippen LogP contribution in [0.2, 0.25) is 0 Å². The molecule has 146 valence electrons. The van der Waals surface area contributed by atoms with E-state index in [1.54, 1.807) is 0 Å². The molecule has 0 spiro atoms. The van der Waals surface area contributed by atoms with Crippen molar-refractivity contribution < 1.29 is 0 Å². The lowest BCUT2D eigenvalue weighted by Gasteiger charge is -2.29. The molecule has 0 aromatic rings. The van der Waals surface area contributed by atoms with Gasteiger partial charge in [0.05, 0.1) is 0 Å². The summed E-state index contributed by atoms with van der Waals surface area (Å²) >= 11 is 0. The Hall–Kier alpha value is -0.0800. The minimum atomic E-state index is 0.810. The van der Waals surface area contributed by atoms with Crippen LogP contribution in [0.15, 0.2) is 0 Å². The highest BCUT2D eigenvalue weighted by molar-refractivity contribution is 4.67. The van der Waals surface area contributed by atoms with E-state index < -0.39 is 0 Å². The van der Waals surface area contributed by atoms with Gasteiger partial charge in [0.25, 0.3) is 0 Å². The molecule has 0 unspecified atom stereocenters. The quantitative estimate of drug-likeness (QED) is 0.373. The molecule has 0 heterocycles. The van der Waals surface area contributed by atoms with Gasteiger partial charge in [-0.05, 0) is 75.5 Å². The molecule has 0 fully saturated rings. The number of rotatable bonds is 15. The average molecular weight is 341 g/mol. The third kappa shape index (κ3) is 15.4. The van der Waals surface area contributed by atoms with Gasteiger partial charge in [0.1, 0.15) is 0 Å². The summed E-state index contributed by atoms with van der Waals surface area (Å²) in [5.41, 5.74) is 0. The highest BCUT2D eigenvalue weighted by atomic mass is 15.2. The van der Waals surface area contributed by atoms with E-state index >= 15 is 0 Å². The SMILES string of the molecule is CC(C)CCN(CCC(C)C)CCN(CCC(C)C)CCC(C)C. The predicted octanol–water partition coefficient (Wildman–Crippen LogP) is 5.77. The van der Waals surface area contributed by atoms with Crippen LogP contribution in [0.25, 0.3) is 0 Å². The molecule has 24 heavy (non-hydrogen) atoms. The Bertz CT molecular complexity index is 219. The fraction of sp³-hybridized carbons (Fsp3) is 1.00. The molecule has 0 aliphatic rings. The van der Waals surface area contributed by atoms with Crippen LogP contribution in [-0.2, 0) is 0 Å². The summed E-state index contributed by atoms with van der Waals surface area (Å²) in [7, 11) is 0. The topological polar surface area (TPSA) is 6.48 Å². The van der Waals surface area contributed by atoms with Crippen LogP contribution in [0.3, 0.4) is 0 Å². The summed E-state index contributed by atoms with van der Waals surface area (Å²) in [5, 5.41) is 0. The fourth-order valence-corrected chi connectivity index (χ4v) is 2.72. The van der Waals surface area contributed by atoms with E-state index in [1.807, 2.05) is 0 Å². The lowest BCUT2D eigenvalue weighted by atomic mass is 10.1. The van der Waals surface area contributed by atoms with Gasteiger partial charge in [0.15, 0.2) is 0 Å². The molecule has 2 nitrogen and oxygen atoms in total. The Balaban J connectivity index is 4.43. The first-order chi connectivity index (χ1) is 11.2. The van der Waals surface area contributed by atoms with Gasteiger partial charge in [-0.15, -0.1) is 0 Å². The highest BCUT2D eigenvalue weighted by Crippen LogP contribution is 2.09. The van der Waals surface area contributed by atoms with E-state index in [4.69, 9.17) is 0 Å². The van der Waals surface area contributed by atoms with Crippen molar-refractivity contribution in [3.05, 3.63) is 0 Å². The number of hydrogen-bond donors (Lipinski definition) is 0. The zero-order chi connectivity index (χ0) is 18.5. The van der Waals surface area contributed by atoms with Crippen molar-refractivity contribution in [2.75, 3.05) is 39.3 Å². The van der Waals surface area contributed by atoms with Gasteiger partial charge in [-0.1, -0.05) is 55.4 Å². The first-order valence-corrected chi connectivity index (χ1v) is 10.6. The van der Waals surface area contributed by atoms with Crippen LogP contribution in [0.1, 0.15) is 81.1 Å². The second-order valence-electron chi connectivity index (χ2n) is 9.41. The lowest BCUT2D eigenvalue weighted by Crippen LogP contribution is -2.38. The lowest BCUT2D eigenvalue weighted by molar-refractivity contribution is 0.180. The van der Waals surface area contributed by atoms with Crippen molar-refractivity contribution in [2.24, 2.45) is 23.7 Å². The van der Waals surface area contributed by atoms with Gasteiger partial charge >= 0.3 is 0 Å². The summed E-state index contributed by atoms with van der Waals surface area (Å²) in [6.45, 7) is 26.3. The Morgan fingerprint density at radius 1 is 0.375 bits per heavy atom. The van der Waals surface area contributed by atoms with Crippen LogP contribution >= 0.6 is 0 Å². The third-order valence-electron chi connectivity index (χ3n) is 4.82. The molecule has 0 rings (SSSR count). The van der Waals surface area contributed by atoms with Crippen LogP contribution < -0.4 is 0 Å². The van der Waals surface area contributed by atoms with Crippen LogP contribution in [0, 0.1) is 23.7 Å². The molecule has 0 N–H and O–H groups in total. The average Bonchev–Trinajstić information content (AvgIpc) is 2.47. The van der Waals surface area contributed by atoms with E-state index in [1.165, 1.54) is 65.0 Å². The number of hydrogen-bond acceptors (Lipinski definition) is 2. The summed E-state index contributed by atoms with van der Waals surface area (Å²) in [6.07, 6.45) is 5.32. The zero-order valence-electron chi connectivity index (χ0n) is 18.3. The first kappa shape index (κ1) is 23.9. The maximum Gasteiger partial charge on any atom is 0.0109 e. The second-order valence-corrected chi connectivity index (χ2v) is 9.41. The van der Waals surface area contributed by atoms with Gasteiger partial charge in [-0.2, -0.15) is 0 Å². The van der Waals surface area contributed by atoms with Gasteiger partial charge < -0.3 is 9.80 Å². The molecule has 0 saturated carbocycles. The second kappa shape index (κ2) is 14.1. The summed E-state index contributed by atoms with van der Waals surface area (Å²) < 4.78 is 0. The van der Waals surface area contributed by atoms with Crippen LogP contribution in [0.4, 0.5) is 0 Å². The molecule has 2 heteroatoms.